The van der Waals surface area contributed by atoms with Crippen LogP contribution < -0.4 is 5.73 Å². The molecule has 3 heteroatoms. The van der Waals surface area contributed by atoms with Gasteiger partial charge < -0.3 is 10.8 Å². The Morgan fingerprint density at radius 2 is 1.62 bits per heavy atom. The van der Waals surface area contributed by atoms with Gasteiger partial charge in [-0.1, -0.05) is 68.8 Å². The zero-order chi connectivity index (χ0) is 15.6. The molecule has 0 aliphatic carbocycles. The third kappa shape index (κ3) is 3.85. The maximum atomic E-state index is 10.4. The quantitative estimate of drug-likeness (QED) is 0.884. The van der Waals surface area contributed by atoms with Gasteiger partial charge in [-0.25, -0.2) is 0 Å². The lowest BCUT2D eigenvalue weighted by Crippen LogP contribution is -2.20. The first-order valence-corrected chi connectivity index (χ1v) is 7.46. The van der Waals surface area contributed by atoms with Gasteiger partial charge in [0.1, 0.15) is 0 Å². The number of benzene rings is 2. The average molecular weight is 304 g/mol. The molecule has 0 saturated carbocycles. The molecule has 112 valence electrons. The van der Waals surface area contributed by atoms with E-state index in [2.05, 4.69) is 32.9 Å². The van der Waals surface area contributed by atoms with E-state index >= 15 is 0 Å². The molecule has 2 aromatic rings. The number of aliphatic hydroxyl groups is 1. The zero-order valence-electron chi connectivity index (χ0n) is 12.7. The van der Waals surface area contributed by atoms with E-state index in [9.17, 15) is 5.11 Å². The van der Waals surface area contributed by atoms with Crippen molar-refractivity contribution in [2.45, 2.75) is 38.3 Å². The van der Waals surface area contributed by atoms with Crippen LogP contribution in [0.15, 0.2) is 48.5 Å². The molecule has 2 nitrogen and oxygen atoms in total. The number of rotatable bonds is 3. The molecule has 0 aliphatic rings. The van der Waals surface area contributed by atoms with Crippen LogP contribution in [0, 0.1) is 0 Å². The minimum atomic E-state index is -0.774. The summed E-state index contributed by atoms with van der Waals surface area (Å²) in [6.45, 7) is 6.51. The summed E-state index contributed by atoms with van der Waals surface area (Å²) in [7, 11) is 0. The van der Waals surface area contributed by atoms with Crippen LogP contribution in [0.3, 0.4) is 0 Å². The first-order valence-electron chi connectivity index (χ1n) is 7.08. The van der Waals surface area contributed by atoms with Crippen LogP contribution in [0.5, 0.6) is 0 Å². The Hall–Kier alpha value is -1.35. The molecule has 0 fully saturated rings. The van der Waals surface area contributed by atoms with E-state index in [-0.39, 0.29) is 5.41 Å². The lowest BCUT2D eigenvalue weighted by Gasteiger charge is -2.22. The van der Waals surface area contributed by atoms with Crippen molar-refractivity contribution in [3.63, 3.8) is 0 Å². The maximum absolute atomic E-state index is 10.4. The van der Waals surface area contributed by atoms with E-state index in [0.29, 0.717) is 5.02 Å². The average Bonchev–Trinajstić information content (AvgIpc) is 2.45. The standard InChI is InChI=1S/C18H22ClNO/c1-18(2,3)14-9-7-12(8-10-14)16(20)17(21)13-5-4-6-15(19)11-13/h4-11,16-17,21H,20H2,1-3H3. The van der Waals surface area contributed by atoms with Crippen molar-refractivity contribution >= 4 is 11.6 Å². The number of nitrogens with two attached hydrogens (primary N) is 1. The maximum Gasteiger partial charge on any atom is 0.0983 e. The molecular formula is C18H22ClNO. The summed E-state index contributed by atoms with van der Waals surface area (Å²) in [4.78, 5) is 0. The first-order chi connectivity index (χ1) is 9.79. The lowest BCUT2D eigenvalue weighted by atomic mass is 9.85. The Morgan fingerprint density at radius 1 is 1.00 bits per heavy atom. The Kier molecular flexibility index (Phi) is 4.72. The van der Waals surface area contributed by atoms with E-state index in [4.69, 9.17) is 17.3 Å². The molecule has 0 heterocycles. The summed E-state index contributed by atoms with van der Waals surface area (Å²) in [6, 6.07) is 14.8. The molecule has 0 amide bonds. The molecule has 2 aromatic carbocycles. The van der Waals surface area contributed by atoms with E-state index in [1.165, 1.54) is 5.56 Å². The van der Waals surface area contributed by atoms with Crippen molar-refractivity contribution in [2.75, 3.05) is 0 Å². The van der Waals surface area contributed by atoms with Crippen molar-refractivity contribution in [3.05, 3.63) is 70.2 Å². The number of hydrogen-bond acceptors (Lipinski definition) is 2. The summed E-state index contributed by atoms with van der Waals surface area (Å²) in [5.41, 5.74) is 9.18. The van der Waals surface area contributed by atoms with Crippen molar-refractivity contribution in [2.24, 2.45) is 5.73 Å². The third-order valence-electron chi connectivity index (χ3n) is 3.69. The zero-order valence-corrected chi connectivity index (χ0v) is 13.4. The fraction of sp³-hybridized carbons (Fsp3) is 0.333. The molecular weight excluding hydrogens is 282 g/mol. The molecule has 0 radical (unpaired) electrons. The summed E-state index contributed by atoms with van der Waals surface area (Å²) in [6.07, 6.45) is -0.774. The fourth-order valence-electron chi connectivity index (χ4n) is 2.29. The molecule has 0 spiro atoms. The van der Waals surface area contributed by atoms with Crippen molar-refractivity contribution in [3.8, 4) is 0 Å². The monoisotopic (exact) mass is 303 g/mol. The summed E-state index contributed by atoms with van der Waals surface area (Å²) >= 11 is 5.96. The number of halogens is 1. The molecule has 2 atom stereocenters. The SMILES string of the molecule is CC(C)(C)c1ccc(C(N)C(O)c2cccc(Cl)c2)cc1. The highest BCUT2D eigenvalue weighted by Crippen LogP contribution is 2.30. The largest absolute Gasteiger partial charge is 0.386 e. The van der Waals surface area contributed by atoms with Gasteiger partial charge in [0.2, 0.25) is 0 Å². The Balaban J connectivity index is 2.21. The first kappa shape index (κ1) is 16.0. The molecule has 0 saturated heterocycles. The predicted molar refractivity (Wildman–Crippen MR) is 88.5 cm³/mol. The molecule has 0 bridgehead atoms. The molecule has 2 rings (SSSR count). The van der Waals surface area contributed by atoms with E-state index in [1.54, 1.807) is 12.1 Å². The Bertz CT molecular complexity index is 601. The third-order valence-corrected chi connectivity index (χ3v) is 3.93. The van der Waals surface area contributed by atoms with Crippen LogP contribution in [0.1, 0.15) is 49.6 Å². The second kappa shape index (κ2) is 6.18. The molecule has 0 aromatic heterocycles. The van der Waals surface area contributed by atoms with Crippen LogP contribution in [-0.2, 0) is 5.41 Å². The normalized spacial score (nSPS) is 14.8. The Morgan fingerprint density at radius 3 is 2.14 bits per heavy atom. The van der Waals surface area contributed by atoms with Crippen LogP contribution in [0.25, 0.3) is 0 Å². The number of hydrogen-bond donors (Lipinski definition) is 2. The highest BCUT2D eigenvalue weighted by atomic mass is 35.5. The highest BCUT2D eigenvalue weighted by molar-refractivity contribution is 6.30. The van der Waals surface area contributed by atoms with Gasteiger partial charge in [0.05, 0.1) is 12.1 Å². The molecule has 2 unspecified atom stereocenters. The van der Waals surface area contributed by atoms with E-state index in [0.717, 1.165) is 11.1 Å². The van der Waals surface area contributed by atoms with Crippen molar-refractivity contribution in [1.82, 2.24) is 0 Å². The van der Waals surface area contributed by atoms with Crippen LogP contribution in [-0.4, -0.2) is 5.11 Å². The van der Waals surface area contributed by atoms with Crippen LogP contribution in [0.2, 0.25) is 5.02 Å². The lowest BCUT2D eigenvalue weighted by molar-refractivity contribution is 0.147. The highest BCUT2D eigenvalue weighted by Gasteiger charge is 2.20. The van der Waals surface area contributed by atoms with Gasteiger partial charge in [-0.2, -0.15) is 0 Å². The van der Waals surface area contributed by atoms with Gasteiger partial charge in [0, 0.05) is 5.02 Å². The van der Waals surface area contributed by atoms with Crippen molar-refractivity contribution < 1.29 is 5.11 Å². The van der Waals surface area contributed by atoms with Gasteiger partial charge in [-0.05, 0) is 34.2 Å². The fourth-order valence-corrected chi connectivity index (χ4v) is 2.48. The minimum Gasteiger partial charge on any atom is -0.386 e. The molecule has 3 N–H and O–H groups in total. The summed E-state index contributed by atoms with van der Waals surface area (Å²) < 4.78 is 0. The van der Waals surface area contributed by atoms with Gasteiger partial charge in [0.15, 0.2) is 0 Å². The summed E-state index contributed by atoms with van der Waals surface area (Å²) in [5.74, 6) is 0. The van der Waals surface area contributed by atoms with Crippen LogP contribution in [0.4, 0.5) is 0 Å². The number of aliphatic hydroxyl groups excluding tert-OH is 1. The van der Waals surface area contributed by atoms with E-state index < -0.39 is 12.1 Å². The van der Waals surface area contributed by atoms with Gasteiger partial charge >= 0.3 is 0 Å². The van der Waals surface area contributed by atoms with Gasteiger partial charge in [-0.3, -0.25) is 0 Å². The molecule has 0 aliphatic heterocycles. The molecule has 21 heavy (non-hydrogen) atoms. The Labute approximate surface area is 131 Å². The van der Waals surface area contributed by atoms with Crippen molar-refractivity contribution in [1.29, 1.82) is 0 Å². The van der Waals surface area contributed by atoms with E-state index in [1.807, 2.05) is 24.3 Å². The van der Waals surface area contributed by atoms with Gasteiger partial charge in [0.25, 0.3) is 0 Å². The van der Waals surface area contributed by atoms with Crippen LogP contribution >= 0.6 is 11.6 Å². The predicted octanol–water partition coefficient (Wildman–Crippen LogP) is 4.37. The smallest absolute Gasteiger partial charge is 0.0983 e. The second-order valence-electron chi connectivity index (χ2n) is 6.40. The second-order valence-corrected chi connectivity index (χ2v) is 6.83. The topological polar surface area (TPSA) is 46.2 Å². The van der Waals surface area contributed by atoms with Gasteiger partial charge in [-0.15, -0.1) is 0 Å². The summed E-state index contributed by atoms with van der Waals surface area (Å²) in [5, 5.41) is 11.0. The minimum absolute atomic E-state index is 0.105.